The van der Waals surface area contributed by atoms with Gasteiger partial charge in [0.05, 0.1) is 17.9 Å². The molecule has 152 valence electrons. The molecule has 0 radical (unpaired) electrons. The second kappa shape index (κ2) is 7.73. The molecule has 7 heteroatoms. The Labute approximate surface area is 169 Å². The van der Waals surface area contributed by atoms with E-state index in [4.69, 9.17) is 4.42 Å². The van der Waals surface area contributed by atoms with E-state index in [1.54, 1.807) is 18.9 Å². The number of rotatable bonds is 4. The summed E-state index contributed by atoms with van der Waals surface area (Å²) in [7, 11) is 3.70. The Hall–Kier alpha value is -3.09. The summed E-state index contributed by atoms with van der Waals surface area (Å²) in [5.41, 5.74) is 2.79. The van der Waals surface area contributed by atoms with Crippen LogP contribution < -0.4 is 0 Å². The number of fused-ring (bicyclic) bond motifs is 1. The van der Waals surface area contributed by atoms with Crippen molar-refractivity contribution < 1.29 is 14.0 Å². The number of furan rings is 1. The molecule has 1 saturated heterocycles. The molecule has 3 heterocycles. The van der Waals surface area contributed by atoms with E-state index in [9.17, 15) is 9.59 Å². The summed E-state index contributed by atoms with van der Waals surface area (Å²) in [6, 6.07) is 11.6. The second-order valence-corrected chi connectivity index (χ2v) is 7.77. The Morgan fingerprint density at radius 3 is 2.62 bits per heavy atom. The Bertz CT molecular complexity index is 1010. The molecule has 0 bridgehead atoms. The third kappa shape index (κ3) is 3.90. The van der Waals surface area contributed by atoms with Crippen LogP contribution in [0.4, 0.5) is 0 Å². The molecule has 1 aliphatic heterocycles. The molecule has 2 amide bonds. The Morgan fingerprint density at radius 1 is 1.21 bits per heavy atom. The standard InChI is InChI=1S/C22H26N4O3/c1-15(27)24(2)14-18-13-19(23-25(18)3)16-8-10-26(11-9-16)22(28)21-12-17-6-4-5-7-20(17)29-21/h4-7,12-13,16H,8-11,14H2,1-3H3. The zero-order chi connectivity index (χ0) is 20.5. The second-order valence-electron chi connectivity index (χ2n) is 7.77. The molecule has 3 aromatic rings. The smallest absolute Gasteiger partial charge is 0.289 e. The van der Waals surface area contributed by atoms with E-state index in [0.717, 1.165) is 35.2 Å². The van der Waals surface area contributed by atoms with Gasteiger partial charge < -0.3 is 14.2 Å². The highest BCUT2D eigenvalue weighted by molar-refractivity contribution is 5.96. The topological polar surface area (TPSA) is 71.6 Å². The first kappa shape index (κ1) is 19.2. The first-order valence-corrected chi connectivity index (χ1v) is 9.94. The maximum Gasteiger partial charge on any atom is 0.289 e. The number of nitrogens with zero attached hydrogens (tertiary/aromatic N) is 4. The molecule has 29 heavy (non-hydrogen) atoms. The van der Waals surface area contributed by atoms with Gasteiger partial charge in [-0.3, -0.25) is 14.3 Å². The number of amides is 2. The van der Waals surface area contributed by atoms with Gasteiger partial charge in [0.2, 0.25) is 5.91 Å². The summed E-state index contributed by atoms with van der Waals surface area (Å²) in [4.78, 5) is 27.9. The van der Waals surface area contributed by atoms with Crippen LogP contribution in [-0.2, 0) is 18.4 Å². The number of likely N-dealkylation sites (tertiary alicyclic amines) is 1. The summed E-state index contributed by atoms with van der Waals surface area (Å²) < 4.78 is 7.58. The molecule has 0 aliphatic carbocycles. The van der Waals surface area contributed by atoms with Gasteiger partial charge in [-0.1, -0.05) is 18.2 Å². The van der Waals surface area contributed by atoms with E-state index in [2.05, 4.69) is 11.2 Å². The maximum absolute atomic E-state index is 12.8. The van der Waals surface area contributed by atoms with E-state index in [1.165, 1.54) is 0 Å². The first-order valence-electron chi connectivity index (χ1n) is 9.94. The molecule has 4 rings (SSSR count). The van der Waals surface area contributed by atoms with E-state index >= 15 is 0 Å². The van der Waals surface area contributed by atoms with Crippen molar-refractivity contribution in [3.63, 3.8) is 0 Å². The highest BCUT2D eigenvalue weighted by atomic mass is 16.3. The first-order chi connectivity index (χ1) is 13.9. The van der Waals surface area contributed by atoms with E-state index < -0.39 is 0 Å². The fraction of sp³-hybridized carbons (Fsp3) is 0.409. The lowest BCUT2D eigenvalue weighted by Gasteiger charge is -2.30. The number of para-hydroxylation sites is 1. The van der Waals surface area contributed by atoms with Crippen molar-refractivity contribution in [2.75, 3.05) is 20.1 Å². The van der Waals surface area contributed by atoms with Crippen molar-refractivity contribution in [2.24, 2.45) is 7.05 Å². The Balaban J connectivity index is 1.40. The molecular weight excluding hydrogens is 368 g/mol. The molecule has 0 spiro atoms. The van der Waals surface area contributed by atoms with Gasteiger partial charge in [0.1, 0.15) is 5.58 Å². The molecule has 0 atom stereocenters. The highest BCUT2D eigenvalue weighted by Crippen LogP contribution is 2.29. The van der Waals surface area contributed by atoms with E-state index in [0.29, 0.717) is 31.3 Å². The molecule has 1 aromatic carbocycles. The van der Waals surface area contributed by atoms with Crippen LogP contribution in [0, 0.1) is 0 Å². The SMILES string of the molecule is CC(=O)N(C)Cc1cc(C2CCN(C(=O)c3cc4ccccc4o3)CC2)nn1C. The van der Waals surface area contributed by atoms with Crippen LogP contribution >= 0.6 is 0 Å². The lowest BCUT2D eigenvalue weighted by atomic mass is 9.93. The highest BCUT2D eigenvalue weighted by Gasteiger charge is 2.28. The van der Waals surface area contributed by atoms with Crippen molar-refractivity contribution in [3.8, 4) is 0 Å². The van der Waals surface area contributed by atoms with Crippen LogP contribution in [0.15, 0.2) is 40.8 Å². The number of aromatic nitrogens is 2. The molecule has 0 unspecified atom stereocenters. The Kier molecular flexibility index (Phi) is 5.13. The van der Waals surface area contributed by atoms with Gasteiger partial charge in [-0.2, -0.15) is 5.10 Å². The van der Waals surface area contributed by atoms with Crippen LogP contribution in [0.2, 0.25) is 0 Å². The maximum atomic E-state index is 12.8. The zero-order valence-corrected chi connectivity index (χ0v) is 17.1. The van der Waals surface area contributed by atoms with Crippen molar-refractivity contribution >= 4 is 22.8 Å². The van der Waals surface area contributed by atoms with E-state index in [-0.39, 0.29) is 11.8 Å². The third-order valence-electron chi connectivity index (χ3n) is 5.77. The Morgan fingerprint density at radius 2 is 1.93 bits per heavy atom. The average molecular weight is 394 g/mol. The minimum Gasteiger partial charge on any atom is -0.451 e. The van der Waals surface area contributed by atoms with Crippen molar-refractivity contribution in [1.82, 2.24) is 19.6 Å². The summed E-state index contributed by atoms with van der Waals surface area (Å²) in [5.74, 6) is 0.698. The number of carbonyl (C=O) groups is 2. The number of hydrogen-bond donors (Lipinski definition) is 0. The molecule has 7 nitrogen and oxygen atoms in total. The quantitative estimate of drug-likeness (QED) is 0.681. The largest absolute Gasteiger partial charge is 0.451 e. The zero-order valence-electron chi connectivity index (χ0n) is 17.1. The van der Waals surface area contributed by atoms with Gasteiger partial charge in [-0.25, -0.2) is 0 Å². The van der Waals surface area contributed by atoms with Gasteiger partial charge in [0.15, 0.2) is 5.76 Å². The van der Waals surface area contributed by atoms with Crippen LogP contribution in [-0.4, -0.2) is 51.5 Å². The normalized spacial score (nSPS) is 15.1. The summed E-state index contributed by atoms with van der Waals surface area (Å²) in [6.45, 7) is 3.47. The number of benzene rings is 1. The monoisotopic (exact) mass is 394 g/mol. The number of piperidine rings is 1. The molecule has 0 saturated carbocycles. The predicted octanol–water partition coefficient (Wildman–Crippen LogP) is 3.16. The molecular formula is C22H26N4O3. The molecule has 2 aromatic heterocycles. The van der Waals surface area contributed by atoms with Crippen LogP contribution in [0.3, 0.4) is 0 Å². The number of carbonyl (C=O) groups excluding carboxylic acids is 2. The predicted molar refractivity (Wildman–Crippen MR) is 109 cm³/mol. The van der Waals surface area contributed by atoms with Gasteiger partial charge >= 0.3 is 0 Å². The summed E-state index contributed by atoms with van der Waals surface area (Å²) in [5, 5.41) is 5.61. The van der Waals surface area contributed by atoms with E-state index in [1.807, 2.05) is 47.0 Å². The van der Waals surface area contributed by atoms with Crippen molar-refractivity contribution in [2.45, 2.75) is 32.2 Å². The lowest BCUT2D eigenvalue weighted by Crippen LogP contribution is -2.37. The third-order valence-corrected chi connectivity index (χ3v) is 5.77. The summed E-state index contributed by atoms with van der Waals surface area (Å²) in [6.07, 6.45) is 1.73. The van der Waals surface area contributed by atoms with Gasteiger partial charge in [-0.15, -0.1) is 0 Å². The van der Waals surface area contributed by atoms with Crippen LogP contribution in [0.25, 0.3) is 11.0 Å². The minimum atomic E-state index is -0.0514. The minimum absolute atomic E-state index is 0.0326. The van der Waals surface area contributed by atoms with Gasteiger partial charge in [-0.05, 0) is 31.0 Å². The molecule has 1 fully saturated rings. The number of aryl methyl sites for hydroxylation is 1. The van der Waals surface area contributed by atoms with Crippen molar-refractivity contribution in [3.05, 3.63) is 53.5 Å². The van der Waals surface area contributed by atoms with Crippen LogP contribution in [0.1, 0.15) is 47.6 Å². The molecule has 0 N–H and O–H groups in total. The van der Waals surface area contributed by atoms with Crippen molar-refractivity contribution in [1.29, 1.82) is 0 Å². The van der Waals surface area contributed by atoms with Gasteiger partial charge in [0.25, 0.3) is 5.91 Å². The fourth-order valence-corrected chi connectivity index (χ4v) is 3.85. The summed E-state index contributed by atoms with van der Waals surface area (Å²) >= 11 is 0. The van der Waals surface area contributed by atoms with Gasteiger partial charge in [0, 0.05) is 45.4 Å². The lowest BCUT2D eigenvalue weighted by molar-refractivity contribution is -0.128. The fourth-order valence-electron chi connectivity index (χ4n) is 3.85. The average Bonchev–Trinajstić information content (AvgIpc) is 3.31. The number of hydrogen-bond acceptors (Lipinski definition) is 4. The van der Waals surface area contributed by atoms with Crippen LogP contribution in [0.5, 0.6) is 0 Å². The molecule has 1 aliphatic rings.